The van der Waals surface area contributed by atoms with E-state index in [1.165, 1.54) is 0 Å². The maximum absolute atomic E-state index is 11.3. The van der Waals surface area contributed by atoms with E-state index in [4.69, 9.17) is 16.3 Å². The molecule has 0 aliphatic heterocycles. The van der Waals surface area contributed by atoms with Gasteiger partial charge in [0.15, 0.2) is 0 Å². The molecule has 0 bridgehead atoms. The van der Waals surface area contributed by atoms with Crippen molar-refractivity contribution in [2.24, 2.45) is 0 Å². The zero-order chi connectivity index (χ0) is 14.9. The molecule has 0 spiro atoms. The Kier molecular flexibility index (Phi) is 3.95. The number of carbonyl (C=O) groups is 1. The van der Waals surface area contributed by atoms with E-state index in [1.54, 1.807) is 32.0 Å². The standard InChI is InChI=1S/C15H14ClNO3/c1-8-4-5-12(11(16)6-8)20-14-13(15(18)19)9(2)7-10(3)17-14/h4-7H,1-3H3,(H,18,19). The summed E-state index contributed by atoms with van der Waals surface area (Å²) in [7, 11) is 0. The predicted octanol–water partition coefficient (Wildman–Crippen LogP) is 4.15. The van der Waals surface area contributed by atoms with E-state index in [1.807, 2.05) is 13.0 Å². The highest BCUT2D eigenvalue weighted by Gasteiger charge is 2.18. The second-order valence-corrected chi connectivity index (χ2v) is 5.01. The van der Waals surface area contributed by atoms with Crippen LogP contribution in [0.1, 0.15) is 27.2 Å². The molecule has 0 aliphatic carbocycles. The fraction of sp³-hybridized carbons (Fsp3) is 0.200. The number of aryl methyl sites for hydroxylation is 3. The molecular formula is C15H14ClNO3. The first-order valence-electron chi connectivity index (χ1n) is 6.04. The molecule has 5 heteroatoms. The lowest BCUT2D eigenvalue weighted by atomic mass is 10.1. The van der Waals surface area contributed by atoms with Gasteiger partial charge in [-0.15, -0.1) is 0 Å². The van der Waals surface area contributed by atoms with E-state index in [-0.39, 0.29) is 11.4 Å². The van der Waals surface area contributed by atoms with Crippen molar-refractivity contribution in [2.75, 3.05) is 0 Å². The van der Waals surface area contributed by atoms with E-state index >= 15 is 0 Å². The van der Waals surface area contributed by atoms with Crippen LogP contribution in [-0.2, 0) is 0 Å². The molecule has 0 radical (unpaired) electrons. The smallest absolute Gasteiger partial charge is 0.341 e. The van der Waals surface area contributed by atoms with Crippen molar-refractivity contribution < 1.29 is 14.6 Å². The molecule has 4 nitrogen and oxygen atoms in total. The van der Waals surface area contributed by atoms with Crippen molar-refractivity contribution in [1.29, 1.82) is 0 Å². The van der Waals surface area contributed by atoms with Gasteiger partial charge in [0.2, 0.25) is 5.88 Å². The van der Waals surface area contributed by atoms with Gasteiger partial charge in [-0.2, -0.15) is 0 Å². The number of pyridine rings is 1. The Bertz CT molecular complexity index is 683. The average molecular weight is 292 g/mol. The highest BCUT2D eigenvalue weighted by atomic mass is 35.5. The maximum Gasteiger partial charge on any atom is 0.341 e. The number of benzene rings is 1. The van der Waals surface area contributed by atoms with Crippen molar-refractivity contribution in [2.45, 2.75) is 20.8 Å². The normalized spacial score (nSPS) is 10.4. The van der Waals surface area contributed by atoms with Gasteiger partial charge < -0.3 is 9.84 Å². The van der Waals surface area contributed by atoms with Crippen LogP contribution in [0.25, 0.3) is 0 Å². The van der Waals surface area contributed by atoms with Crippen molar-refractivity contribution >= 4 is 17.6 Å². The Balaban J connectivity index is 2.50. The third kappa shape index (κ3) is 2.91. The van der Waals surface area contributed by atoms with Crippen LogP contribution in [0.5, 0.6) is 11.6 Å². The zero-order valence-electron chi connectivity index (χ0n) is 11.4. The number of halogens is 1. The monoisotopic (exact) mass is 291 g/mol. The van der Waals surface area contributed by atoms with E-state index in [9.17, 15) is 9.90 Å². The number of nitrogens with zero attached hydrogens (tertiary/aromatic N) is 1. The lowest BCUT2D eigenvalue weighted by molar-refractivity contribution is 0.0692. The summed E-state index contributed by atoms with van der Waals surface area (Å²) in [5.41, 5.74) is 2.33. The molecule has 1 heterocycles. The second-order valence-electron chi connectivity index (χ2n) is 4.60. The molecule has 20 heavy (non-hydrogen) atoms. The SMILES string of the molecule is Cc1ccc(Oc2nc(C)cc(C)c2C(=O)O)c(Cl)c1. The Morgan fingerprint density at radius 1 is 1.25 bits per heavy atom. The molecule has 0 unspecified atom stereocenters. The van der Waals surface area contributed by atoms with Gasteiger partial charge in [0.1, 0.15) is 11.3 Å². The number of hydrogen-bond acceptors (Lipinski definition) is 3. The topological polar surface area (TPSA) is 59.4 Å². The van der Waals surface area contributed by atoms with Crippen molar-refractivity contribution in [1.82, 2.24) is 4.98 Å². The molecule has 0 saturated heterocycles. The Morgan fingerprint density at radius 3 is 2.55 bits per heavy atom. The number of rotatable bonds is 3. The van der Waals surface area contributed by atoms with Crippen LogP contribution >= 0.6 is 11.6 Å². The highest BCUT2D eigenvalue weighted by molar-refractivity contribution is 6.32. The third-order valence-electron chi connectivity index (χ3n) is 2.82. The van der Waals surface area contributed by atoms with Crippen LogP contribution in [-0.4, -0.2) is 16.1 Å². The lowest BCUT2D eigenvalue weighted by Gasteiger charge is -2.12. The molecule has 2 aromatic rings. The van der Waals surface area contributed by atoms with Gasteiger partial charge in [-0.1, -0.05) is 17.7 Å². The van der Waals surface area contributed by atoms with Crippen LogP contribution in [0.4, 0.5) is 0 Å². The Morgan fingerprint density at radius 2 is 1.95 bits per heavy atom. The molecule has 0 atom stereocenters. The molecule has 2 rings (SSSR count). The van der Waals surface area contributed by atoms with Gasteiger partial charge in [0.05, 0.1) is 5.02 Å². The first-order chi connectivity index (χ1) is 9.38. The first kappa shape index (κ1) is 14.3. The number of carboxylic acid groups (broad SMARTS) is 1. The summed E-state index contributed by atoms with van der Waals surface area (Å²) in [4.78, 5) is 15.5. The first-order valence-corrected chi connectivity index (χ1v) is 6.42. The third-order valence-corrected chi connectivity index (χ3v) is 3.11. The minimum absolute atomic E-state index is 0.0484. The molecule has 104 valence electrons. The van der Waals surface area contributed by atoms with Crippen molar-refractivity contribution in [3.05, 3.63) is 51.7 Å². The summed E-state index contributed by atoms with van der Waals surface area (Å²) >= 11 is 6.09. The van der Waals surface area contributed by atoms with E-state index < -0.39 is 5.97 Å². The summed E-state index contributed by atoms with van der Waals surface area (Å²) in [6.45, 7) is 5.40. The van der Waals surface area contributed by atoms with E-state index in [0.29, 0.717) is 22.0 Å². The summed E-state index contributed by atoms with van der Waals surface area (Å²) in [5, 5.41) is 9.69. The van der Waals surface area contributed by atoms with Crippen molar-refractivity contribution in [3.63, 3.8) is 0 Å². The fourth-order valence-electron chi connectivity index (χ4n) is 1.93. The molecule has 0 saturated carbocycles. The average Bonchev–Trinajstić information content (AvgIpc) is 2.31. The Hall–Kier alpha value is -2.07. The quantitative estimate of drug-likeness (QED) is 0.923. The Labute approximate surface area is 122 Å². The van der Waals surface area contributed by atoms with Crippen molar-refractivity contribution in [3.8, 4) is 11.6 Å². The largest absolute Gasteiger partial charge is 0.477 e. The summed E-state index contributed by atoms with van der Waals surface area (Å²) < 4.78 is 5.59. The maximum atomic E-state index is 11.3. The number of hydrogen-bond donors (Lipinski definition) is 1. The molecule has 0 aliphatic rings. The van der Waals surface area contributed by atoms with Crippen LogP contribution < -0.4 is 4.74 Å². The second kappa shape index (κ2) is 5.51. The van der Waals surface area contributed by atoms with Gasteiger partial charge in [-0.3, -0.25) is 0 Å². The molecule has 0 fully saturated rings. The summed E-state index contributed by atoms with van der Waals surface area (Å²) in [5.74, 6) is -0.633. The number of aromatic nitrogens is 1. The van der Waals surface area contributed by atoms with Gasteiger partial charge in [-0.05, 0) is 50.1 Å². The van der Waals surface area contributed by atoms with Crippen LogP contribution in [0.15, 0.2) is 24.3 Å². The van der Waals surface area contributed by atoms with Gasteiger partial charge in [0, 0.05) is 5.69 Å². The zero-order valence-corrected chi connectivity index (χ0v) is 12.2. The highest BCUT2D eigenvalue weighted by Crippen LogP contribution is 2.32. The minimum atomic E-state index is -1.08. The molecule has 1 aromatic carbocycles. The van der Waals surface area contributed by atoms with Gasteiger partial charge in [0.25, 0.3) is 0 Å². The van der Waals surface area contributed by atoms with Crippen LogP contribution in [0.3, 0.4) is 0 Å². The summed E-state index contributed by atoms with van der Waals surface area (Å²) in [6, 6.07) is 6.99. The van der Waals surface area contributed by atoms with Gasteiger partial charge in [-0.25, -0.2) is 9.78 Å². The molecular weight excluding hydrogens is 278 g/mol. The van der Waals surface area contributed by atoms with Gasteiger partial charge >= 0.3 is 5.97 Å². The minimum Gasteiger partial charge on any atom is -0.477 e. The number of ether oxygens (including phenoxy) is 1. The van der Waals surface area contributed by atoms with E-state index in [2.05, 4.69) is 4.98 Å². The molecule has 1 N–H and O–H groups in total. The number of carboxylic acids is 1. The number of aromatic carboxylic acids is 1. The molecule has 0 amide bonds. The predicted molar refractivity (Wildman–Crippen MR) is 76.9 cm³/mol. The fourth-order valence-corrected chi connectivity index (χ4v) is 2.20. The van der Waals surface area contributed by atoms with Crippen LogP contribution in [0, 0.1) is 20.8 Å². The van der Waals surface area contributed by atoms with Crippen LogP contribution in [0.2, 0.25) is 5.02 Å². The molecule has 1 aromatic heterocycles. The van der Waals surface area contributed by atoms with E-state index in [0.717, 1.165) is 5.56 Å². The lowest BCUT2D eigenvalue weighted by Crippen LogP contribution is -2.06. The summed E-state index contributed by atoms with van der Waals surface area (Å²) in [6.07, 6.45) is 0.